The minimum Gasteiger partial charge on any atom is -0.507 e. The summed E-state index contributed by atoms with van der Waals surface area (Å²) in [5, 5.41) is 31.2. The first-order valence-electron chi connectivity index (χ1n) is 11.5. The maximum absolute atomic E-state index is 15.6. The van der Waals surface area contributed by atoms with Crippen molar-refractivity contribution in [2.45, 2.75) is 51.4 Å². The monoisotopic (exact) mass is 616 g/mol. The quantitative estimate of drug-likeness (QED) is 0.162. The van der Waals surface area contributed by atoms with Crippen LogP contribution in [0.25, 0.3) is 22.8 Å². The van der Waals surface area contributed by atoms with Gasteiger partial charge in [0.15, 0.2) is 15.2 Å². The van der Waals surface area contributed by atoms with E-state index in [-0.39, 0.29) is 23.3 Å². The number of benzene rings is 1. The SMILES string of the molecule is Oc1cc(-c2nnn(C(S)(S)S)n2)ccc1-c1ncc(N([C@H]2C[C@@H]3CCC[C@@H](C3)[C@H]2F)C(S)(S)S)nn1. The van der Waals surface area contributed by atoms with Crippen LogP contribution in [0.5, 0.6) is 5.75 Å². The standard InChI is InChI=1S/C21H25FN8OS6/c22-17-11-3-1-2-10(6-11)7-14(17)29(20(32,33)34)16-9-23-19(25-24-16)13-5-4-12(8-15(13)31)18-26-28-30(27-18)21(35,36)37/h4-5,8-11,14,17,31-37H,1-3,6-7H2/t10-,11+,14+,17-/m1/s1. The Morgan fingerprint density at radius 1 is 1.00 bits per heavy atom. The third-order valence-corrected chi connectivity index (χ3v) is 8.03. The summed E-state index contributed by atoms with van der Waals surface area (Å²) in [6, 6.07) is 4.28. The molecule has 37 heavy (non-hydrogen) atoms. The van der Waals surface area contributed by atoms with Crippen molar-refractivity contribution in [2.24, 2.45) is 11.8 Å². The minimum absolute atomic E-state index is 0.00813. The van der Waals surface area contributed by atoms with Crippen molar-refractivity contribution in [1.29, 1.82) is 0 Å². The smallest absolute Gasteiger partial charge is 0.213 e. The number of rotatable bonds is 6. The molecule has 198 valence electrons. The van der Waals surface area contributed by atoms with E-state index in [9.17, 15) is 5.11 Å². The van der Waals surface area contributed by atoms with E-state index in [1.165, 1.54) is 12.3 Å². The molecule has 2 aromatic heterocycles. The Labute approximate surface area is 246 Å². The summed E-state index contributed by atoms with van der Waals surface area (Å²) in [4.78, 5) is 7.16. The largest absolute Gasteiger partial charge is 0.507 e. The number of thiol groups is 6. The molecule has 1 aromatic carbocycles. The third-order valence-electron chi connectivity index (χ3n) is 6.85. The molecule has 9 nitrogen and oxygen atoms in total. The van der Waals surface area contributed by atoms with Crippen LogP contribution in [-0.2, 0) is 3.54 Å². The maximum Gasteiger partial charge on any atom is 0.213 e. The van der Waals surface area contributed by atoms with Gasteiger partial charge in [-0.3, -0.25) is 0 Å². The fraction of sp³-hybridized carbons (Fsp3) is 0.524. The van der Waals surface area contributed by atoms with Gasteiger partial charge in [0.2, 0.25) is 9.36 Å². The number of hydrogen-bond donors (Lipinski definition) is 7. The fourth-order valence-electron chi connectivity index (χ4n) is 5.24. The molecular formula is C21H25FN8OS6. The van der Waals surface area contributed by atoms with Gasteiger partial charge < -0.3 is 10.0 Å². The van der Waals surface area contributed by atoms with Crippen molar-refractivity contribution in [3.8, 4) is 28.5 Å². The number of aromatic hydroxyl groups is 1. The molecule has 2 saturated carbocycles. The predicted octanol–water partition coefficient (Wildman–Crippen LogP) is 4.38. The van der Waals surface area contributed by atoms with Gasteiger partial charge in [-0.05, 0) is 48.4 Å². The lowest BCUT2D eigenvalue weighted by Crippen LogP contribution is -2.55. The molecule has 0 unspecified atom stereocenters. The highest BCUT2D eigenvalue weighted by atomic mass is 32.2. The lowest BCUT2D eigenvalue weighted by Gasteiger charge is -2.49. The number of phenolic OH excluding ortho intramolecular Hbond substituents is 1. The molecule has 0 radical (unpaired) electrons. The highest BCUT2D eigenvalue weighted by Gasteiger charge is 2.46. The summed E-state index contributed by atoms with van der Waals surface area (Å²) < 4.78 is 13.0. The van der Waals surface area contributed by atoms with Crippen LogP contribution >= 0.6 is 75.8 Å². The molecule has 2 heterocycles. The molecule has 0 saturated heterocycles. The highest BCUT2D eigenvalue weighted by Crippen LogP contribution is 2.47. The van der Waals surface area contributed by atoms with Gasteiger partial charge >= 0.3 is 0 Å². The fourth-order valence-corrected chi connectivity index (χ4v) is 6.24. The molecule has 0 spiro atoms. The van der Waals surface area contributed by atoms with Crippen LogP contribution in [-0.4, -0.2) is 56.2 Å². The number of halogens is 1. The van der Waals surface area contributed by atoms with Crippen molar-refractivity contribution in [3.63, 3.8) is 0 Å². The van der Waals surface area contributed by atoms with Crippen LogP contribution in [0, 0.1) is 11.8 Å². The first-order valence-corrected chi connectivity index (χ1v) is 14.2. The van der Waals surface area contributed by atoms with E-state index in [4.69, 9.17) is 0 Å². The average Bonchev–Trinajstić information content (AvgIpc) is 3.34. The molecule has 1 N–H and O–H groups in total. The lowest BCUT2D eigenvalue weighted by molar-refractivity contribution is 0.0640. The van der Waals surface area contributed by atoms with Crippen molar-refractivity contribution in [1.82, 2.24) is 35.4 Å². The number of aromatic nitrogens is 7. The van der Waals surface area contributed by atoms with Crippen LogP contribution < -0.4 is 4.90 Å². The van der Waals surface area contributed by atoms with Gasteiger partial charge in [-0.15, -0.1) is 101 Å². The van der Waals surface area contributed by atoms with Gasteiger partial charge in [0.05, 0.1) is 17.8 Å². The van der Waals surface area contributed by atoms with Gasteiger partial charge in [-0.25, -0.2) is 9.37 Å². The van der Waals surface area contributed by atoms with Gasteiger partial charge in [-0.1, -0.05) is 18.9 Å². The number of tetrazole rings is 1. The second-order valence-electron chi connectivity index (χ2n) is 9.38. The Bertz CT molecular complexity index is 1270. The summed E-state index contributed by atoms with van der Waals surface area (Å²) in [7, 11) is 0. The zero-order valence-corrected chi connectivity index (χ0v) is 24.6. The summed E-state index contributed by atoms with van der Waals surface area (Å²) in [6.45, 7) is 0. The van der Waals surface area contributed by atoms with Crippen molar-refractivity contribution >= 4 is 81.6 Å². The molecule has 0 aliphatic heterocycles. The van der Waals surface area contributed by atoms with Gasteiger partial charge in [0.25, 0.3) is 0 Å². The normalized spacial score (nSPS) is 24.2. The Morgan fingerprint density at radius 3 is 2.41 bits per heavy atom. The molecule has 2 bridgehead atoms. The van der Waals surface area contributed by atoms with Crippen LogP contribution in [0.15, 0.2) is 24.4 Å². The van der Waals surface area contributed by atoms with Gasteiger partial charge in [-0.2, -0.15) is 0 Å². The number of alkyl halides is 1. The Hall–Kier alpha value is -1.07. The summed E-state index contributed by atoms with van der Waals surface area (Å²) in [5.74, 6) is 1.09. The maximum atomic E-state index is 15.6. The average molecular weight is 617 g/mol. The van der Waals surface area contributed by atoms with Crippen LogP contribution in [0.1, 0.15) is 32.1 Å². The van der Waals surface area contributed by atoms with Crippen molar-refractivity contribution in [2.75, 3.05) is 4.90 Å². The second kappa shape index (κ2) is 10.5. The number of fused-ring (bicyclic) bond motifs is 2. The molecular weight excluding hydrogens is 592 g/mol. The van der Waals surface area contributed by atoms with Crippen molar-refractivity contribution in [3.05, 3.63) is 24.4 Å². The molecule has 5 rings (SSSR count). The predicted molar refractivity (Wildman–Crippen MR) is 160 cm³/mol. The molecule has 2 aliphatic rings. The first kappa shape index (κ1) is 27.5. The van der Waals surface area contributed by atoms with E-state index in [0.717, 1.165) is 30.5 Å². The summed E-state index contributed by atoms with van der Waals surface area (Å²) >= 11 is 26.0. The minimum atomic E-state index is -1.28. The molecule has 3 aromatic rings. The topological polar surface area (TPSA) is 106 Å². The molecule has 0 amide bonds. The molecule has 2 aliphatic carbocycles. The van der Waals surface area contributed by atoms with E-state index in [2.05, 4.69) is 106 Å². The summed E-state index contributed by atoms with van der Waals surface area (Å²) in [5.41, 5.74) is 0.850. The lowest BCUT2D eigenvalue weighted by atomic mass is 9.69. The number of hydrogen-bond acceptors (Lipinski definition) is 14. The van der Waals surface area contributed by atoms with Crippen LogP contribution in [0.4, 0.5) is 10.2 Å². The Morgan fingerprint density at radius 2 is 1.78 bits per heavy atom. The van der Waals surface area contributed by atoms with Crippen molar-refractivity contribution < 1.29 is 9.50 Å². The van der Waals surface area contributed by atoms with E-state index < -0.39 is 19.3 Å². The van der Waals surface area contributed by atoms with E-state index >= 15 is 4.39 Å². The number of phenols is 1. The second-order valence-corrected chi connectivity index (χ2v) is 15.4. The van der Waals surface area contributed by atoms with E-state index in [1.54, 1.807) is 17.0 Å². The van der Waals surface area contributed by atoms with E-state index in [1.807, 2.05) is 0 Å². The van der Waals surface area contributed by atoms with Gasteiger partial charge in [0, 0.05) is 5.56 Å². The first-order chi connectivity index (χ1) is 17.4. The highest BCUT2D eigenvalue weighted by molar-refractivity contribution is 8.17. The Balaban J connectivity index is 1.41. The number of nitrogens with zero attached hydrogens (tertiary/aromatic N) is 8. The molecule has 16 heteroatoms. The van der Waals surface area contributed by atoms with Crippen LogP contribution in [0.3, 0.4) is 0 Å². The molecule has 4 atom stereocenters. The van der Waals surface area contributed by atoms with Crippen LogP contribution in [0.2, 0.25) is 0 Å². The zero-order chi connectivity index (χ0) is 26.5. The third kappa shape index (κ3) is 5.78. The summed E-state index contributed by atoms with van der Waals surface area (Å²) in [6.07, 6.45) is 5.03. The zero-order valence-electron chi connectivity index (χ0n) is 19.2. The Kier molecular flexibility index (Phi) is 7.79. The molecule has 2 fully saturated rings. The van der Waals surface area contributed by atoms with Gasteiger partial charge in [0.1, 0.15) is 11.9 Å². The van der Waals surface area contributed by atoms with E-state index in [0.29, 0.717) is 29.3 Å². The number of anilines is 1.